The maximum absolute atomic E-state index is 12.4. The van der Waals surface area contributed by atoms with Crippen LogP contribution in [0.3, 0.4) is 0 Å². The molecule has 0 spiro atoms. The number of benzene rings is 3. The van der Waals surface area contributed by atoms with Gasteiger partial charge in [0.05, 0.1) is 17.7 Å². The molecule has 0 atom stereocenters. The van der Waals surface area contributed by atoms with Gasteiger partial charge in [-0.15, -0.1) is 0 Å². The van der Waals surface area contributed by atoms with E-state index in [4.69, 9.17) is 14.2 Å². The number of alkyl halides is 2. The molecule has 0 saturated heterocycles. The average molecular weight is 513 g/mol. The van der Waals surface area contributed by atoms with Gasteiger partial charge in [0.25, 0.3) is 0 Å². The van der Waals surface area contributed by atoms with Gasteiger partial charge in [-0.3, -0.25) is 0 Å². The Labute approximate surface area is 215 Å². The summed E-state index contributed by atoms with van der Waals surface area (Å²) in [6.45, 7) is -0.105. The Morgan fingerprint density at radius 3 is 1.54 bits per heavy atom. The monoisotopic (exact) mass is 512 g/mol. The number of carbonyl (C=O) groups excluding carboxylic acids is 2. The highest BCUT2D eigenvalue weighted by atomic mass is 19.3. The number of ether oxygens (including phenoxy) is 4. The van der Waals surface area contributed by atoms with Crippen LogP contribution in [0.2, 0.25) is 0 Å². The van der Waals surface area contributed by atoms with E-state index in [-0.39, 0.29) is 22.8 Å². The summed E-state index contributed by atoms with van der Waals surface area (Å²) in [4.78, 5) is 24.7. The molecule has 0 aromatic heterocycles. The maximum atomic E-state index is 12.4. The highest BCUT2D eigenvalue weighted by molar-refractivity contribution is 5.92. The predicted octanol–water partition coefficient (Wildman–Crippen LogP) is 7.47. The molecule has 0 aliphatic carbocycles. The first-order chi connectivity index (χ1) is 17.9. The molecule has 3 rings (SSSR count). The fraction of sp³-hybridized carbons (Fsp3) is 0.310. The molecule has 0 fully saturated rings. The fourth-order valence-corrected chi connectivity index (χ4v) is 3.44. The molecule has 0 amide bonds. The Morgan fingerprint density at radius 2 is 1.05 bits per heavy atom. The molecular formula is C29H30F2O6. The normalized spacial score (nSPS) is 10.7. The lowest BCUT2D eigenvalue weighted by Crippen LogP contribution is -2.10. The van der Waals surface area contributed by atoms with Crippen LogP contribution >= 0.6 is 0 Å². The summed E-state index contributed by atoms with van der Waals surface area (Å²) in [6, 6.07) is 17.9. The van der Waals surface area contributed by atoms with E-state index in [9.17, 15) is 18.4 Å². The highest BCUT2D eigenvalue weighted by Crippen LogP contribution is 2.22. The number of unbranched alkanes of at least 4 members (excludes halogenated alkanes) is 5. The lowest BCUT2D eigenvalue weighted by atomic mass is 10.1. The van der Waals surface area contributed by atoms with Gasteiger partial charge in [0, 0.05) is 0 Å². The molecule has 0 saturated carbocycles. The standard InChI is InChI=1S/C29H30F2O6/c1-2-3-4-5-6-7-20-34-23-12-8-21(9-13-23)27(32)35-24-16-18-25(19-17-24)36-28(33)22-10-14-26(15-11-22)37-29(30)31/h8-19,29H,2-7,20H2,1H3. The second-order valence-electron chi connectivity index (χ2n) is 8.29. The third kappa shape index (κ3) is 9.56. The zero-order valence-electron chi connectivity index (χ0n) is 20.7. The summed E-state index contributed by atoms with van der Waals surface area (Å²) in [5.74, 6) is -0.0581. The molecule has 6 nitrogen and oxygen atoms in total. The molecule has 0 N–H and O–H groups in total. The third-order valence-electron chi connectivity index (χ3n) is 5.42. The zero-order valence-corrected chi connectivity index (χ0v) is 20.7. The molecule has 0 heterocycles. The summed E-state index contributed by atoms with van der Waals surface area (Å²) in [7, 11) is 0. The molecular weight excluding hydrogens is 482 g/mol. The van der Waals surface area contributed by atoms with E-state index in [1.165, 1.54) is 74.2 Å². The number of carbonyl (C=O) groups is 2. The first-order valence-corrected chi connectivity index (χ1v) is 12.3. The molecule has 3 aromatic carbocycles. The van der Waals surface area contributed by atoms with Gasteiger partial charge in [-0.1, -0.05) is 39.0 Å². The minimum atomic E-state index is -2.95. The predicted molar refractivity (Wildman–Crippen MR) is 135 cm³/mol. The van der Waals surface area contributed by atoms with Crippen LogP contribution in [-0.2, 0) is 0 Å². The van der Waals surface area contributed by atoms with Gasteiger partial charge in [-0.05, 0) is 79.2 Å². The highest BCUT2D eigenvalue weighted by Gasteiger charge is 2.12. The van der Waals surface area contributed by atoms with Crippen molar-refractivity contribution in [3.05, 3.63) is 83.9 Å². The molecule has 0 unspecified atom stereocenters. The Balaban J connectivity index is 1.44. The number of hydrogen-bond donors (Lipinski definition) is 0. The zero-order chi connectivity index (χ0) is 26.5. The molecule has 0 bridgehead atoms. The molecule has 37 heavy (non-hydrogen) atoms. The van der Waals surface area contributed by atoms with Crippen molar-refractivity contribution in [1.29, 1.82) is 0 Å². The topological polar surface area (TPSA) is 71.1 Å². The second kappa shape index (κ2) is 14.6. The maximum Gasteiger partial charge on any atom is 0.387 e. The summed E-state index contributed by atoms with van der Waals surface area (Å²) in [5.41, 5.74) is 0.540. The minimum absolute atomic E-state index is 0.0620. The molecule has 3 aromatic rings. The van der Waals surface area contributed by atoms with E-state index in [1.807, 2.05) is 0 Å². The summed E-state index contributed by atoms with van der Waals surface area (Å²) >= 11 is 0. The van der Waals surface area contributed by atoms with Gasteiger partial charge in [-0.25, -0.2) is 9.59 Å². The lowest BCUT2D eigenvalue weighted by Gasteiger charge is -2.09. The molecule has 196 valence electrons. The van der Waals surface area contributed by atoms with Crippen molar-refractivity contribution in [2.75, 3.05) is 6.61 Å². The van der Waals surface area contributed by atoms with Crippen LogP contribution in [0.4, 0.5) is 8.78 Å². The Kier molecular flexibility index (Phi) is 10.9. The average Bonchev–Trinajstić information content (AvgIpc) is 2.89. The fourth-order valence-electron chi connectivity index (χ4n) is 3.44. The Morgan fingerprint density at radius 1 is 0.622 bits per heavy atom. The largest absolute Gasteiger partial charge is 0.494 e. The summed E-state index contributed by atoms with van der Waals surface area (Å²) < 4.78 is 45.1. The van der Waals surface area contributed by atoms with Crippen molar-refractivity contribution in [2.45, 2.75) is 52.1 Å². The van der Waals surface area contributed by atoms with Crippen molar-refractivity contribution >= 4 is 11.9 Å². The van der Waals surface area contributed by atoms with Crippen molar-refractivity contribution < 1.29 is 37.3 Å². The summed E-state index contributed by atoms with van der Waals surface area (Å²) in [6.07, 6.45) is 7.14. The number of halogens is 2. The van der Waals surface area contributed by atoms with E-state index in [1.54, 1.807) is 24.3 Å². The van der Waals surface area contributed by atoms with Crippen LogP contribution in [0.5, 0.6) is 23.0 Å². The molecule has 0 aliphatic rings. The van der Waals surface area contributed by atoms with Crippen LogP contribution < -0.4 is 18.9 Å². The SMILES string of the molecule is CCCCCCCCOc1ccc(C(=O)Oc2ccc(OC(=O)c3ccc(OC(F)F)cc3)cc2)cc1. The lowest BCUT2D eigenvalue weighted by molar-refractivity contribution is -0.0498. The van der Waals surface area contributed by atoms with Gasteiger partial charge in [0.2, 0.25) is 0 Å². The number of esters is 2. The van der Waals surface area contributed by atoms with Gasteiger partial charge >= 0.3 is 18.6 Å². The van der Waals surface area contributed by atoms with Gasteiger partial charge in [-0.2, -0.15) is 8.78 Å². The van der Waals surface area contributed by atoms with Gasteiger partial charge in [0.1, 0.15) is 23.0 Å². The van der Waals surface area contributed by atoms with E-state index in [0.29, 0.717) is 17.9 Å². The number of hydrogen-bond acceptors (Lipinski definition) is 6. The smallest absolute Gasteiger partial charge is 0.387 e. The van der Waals surface area contributed by atoms with Crippen molar-refractivity contribution in [2.24, 2.45) is 0 Å². The van der Waals surface area contributed by atoms with Crippen LogP contribution in [0.15, 0.2) is 72.8 Å². The Hall–Kier alpha value is -3.94. The first kappa shape index (κ1) is 27.6. The van der Waals surface area contributed by atoms with Crippen LogP contribution in [0, 0.1) is 0 Å². The molecule has 8 heteroatoms. The van der Waals surface area contributed by atoms with E-state index in [0.717, 1.165) is 12.8 Å². The minimum Gasteiger partial charge on any atom is -0.494 e. The Bertz CT molecular complexity index is 1110. The van der Waals surface area contributed by atoms with Gasteiger partial charge in [0.15, 0.2) is 0 Å². The molecule has 0 radical (unpaired) electrons. The third-order valence-corrected chi connectivity index (χ3v) is 5.42. The van der Waals surface area contributed by atoms with Crippen LogP contribution in [-0.4, -0.2) is 25.2 Å². The number of rotatable bonds is 14. The van der Waals surface area contributed by atoms with Crippen molar-refractivity contribution in [3.8, 4) is 23.0 Å². The van der Waals surface area contributed by atoms with Crippen molar-refractivity contribution in [1.82, 2.24) is 0 Å². The van der Waals surface area contributed by atoms with E-state index >= 15 is 0 Å². The van der Waals surface area contributed by atoms with Crippen molar-refractivity contribution in [3.63, 3.8) is 0 Å². The van der Waals surface area contributed by atoms with Gasteiger partial charge < -0.3 is 18.9 Å². The van der Waals surface area contributed by atoms with E-state index in [2.05, 4.69) is 11.7 Å². The molecule has 0 aliphatic heterocycles. The second-order valence-corrected chi connectivity index (χ2v) is 8.29. The summed E-state index contributed by atoms with van der Waals surface area (Å²) in [5, 5.41) is 0. The van der Waals surface area contributed by atoms with E-state index < -0.39 is 18.6 Å². The quantitative estimate of drug-likeness (QED) is 0.127. The van der Waals surface area contributed by atoms with Crippen LogP contribution in [0.25, 0.3) is 0 Å². The van der Waals surface area contributed by atoms with Crippen LogP contribution in [0.1, 0.15) is 66.2 Å². The first-order valence-electron chi connectivity index (χ1n) is 12.3.